The van der Waals surface area contributed by atoms with Crippen LogP contribution in [0.2, 0.25) is 0 Å². The maximum Gasteiger partial charge on any atom is 0.384 e. The number of aryl methyl sites for hydroxylation is 1. The van der Waals surface area contributed by atoms with Crippen LogP contribution in [0.5, 0.6) is 0 Å². The number of halogens is 1. The van der Waals surface area contributed by atoms with Gasteiger partial charge in [0.05, 0.1) is 13.7 Å². The van der Waals surface area contributed by atoms with Crippen molar-refractivity contribution in [2.45, 2.75) is 32.6 Å². The van der Waals surface area contributed by atoms with E-state index in [1.165, 1.54) is 19.2 Å². The predicted octanol–water partition coefficient (Wildman–Crippen LogP) is 4.13. The van der Waals surface area contributed by atoms with Crippen LogP contribution in [0.25, 0.3) is 0 Å². The second-order valence-corrected chi connectivity index (χ2v) is 6.92. The Bertz CT molecular complexity index is 952. The molecule has 0 N–H and O–H groups in total. The van der Waals surface area contributed by atoms with Crippen LogP contribution in [0.3, 0.4) is 0 Å². The van der Waals surface area contributed by atoms with Crippen molar-refractivity contribution >= 4 is 17.7 Å². The molecule has 0 radical (unpaired) electrons. The molecule has 0 spiro atoms. The fourth-order valence-corrected chi connectivity index (χ4v) is 2.85. The first-order chi connectivity index (χ1) is 14.9. The number of carbonyl (C=O) groups is 3. The standard InChI is InChI=1S/C25H25FO5/c1-3-4-17-31-23(27)16-10-18-5-11-20(12-6-18)24(28)22(25(29)30-2)15-9-19-7-13-21(26)14-8-19/h5-8,11-14,22H,3-4,9,15,17H2,1-2H3. The van der Waals surface area contributed by atoms with Crippen molar-refractivity contribution in [1.82, 2.24) is 0 Å². The van der Waals surface area contributed by atoms with Crippen molar-refractivity contribution in [2.24, 2.45) is 5.92 Å². The summed E-state index contributed by atoms with van der Waals surface area (Å²) in [5, 5.41) is 0. The Morgan fingerprint density at radius 3 is 2.32 bits per heavy atom. The molecule has 0 amide bonds. The minimum atomic E-state index is -0.972. The third-order valence-electron chi connectivity index (χ3n) is 4.65. The van der Waals surface area contributed by atoms with Gasteiger partial charge in [-0.05, 0) is 49.1 Å². The summed E-state index contributed by atoms with van der Waals surface area (Å²) >= 11 is 0. The highest BCUT2D eigenvalue weighted by Crippen LogP contribution is 2.18. The lowest BCUT2D eigenvalue weighted by molar-refractivity contribution is -0.143. The molecule has 0 aliphatic rings. The van der Waals surface area contributed by atoms with Crippen LogP contribution in [0.1, 0.15) is 47.7 Å². The molecule has 5 nitrogen and oxygen atoms in total. The zero-order valence-corrected chi connectivity index (χ0v) is 17.7. The normalized spacial score (nSPS) is 11.1. The lowest BCUT2D eigenvalue weighted by Gasteiger charge is -2.14. The van der Waals surface area contributed by atoms with E-state index in [1.54, 1.807) is 36.4 Å². The van der Waals surface area contributed by atoms with E-state index in [2.05, 4.69) is 11.8 Å². The Labute approximate surface area is 181 Å². The predicted molar refractivity (Wildman–Crippen MR) is 114 cm³/mol. The summed E-state index contributed by atoms with van der Waals surface area (Å²) in [4.78, 5) is 36.6. The number of carbonyl (C=O) groups excluding carboxylic acids is 3. The maximum atomic E-state index is 13.1. The number of ether oxygens (including phenoxy) is 2. The highest BCUT2D eigenvalue weighted by Gasteiger charge is 2.28. The van der Waals surface area contributed by atoms with Gasteiger partial charge in [-0.25, -0.2) is 9.18 Å². The zero-order valence-electron chi connectivity index (χ0n) is 17.7. The first kappa shape index (κ1) is 23.8. The van der Waals surface area contributed by atoms with E-state index in [0.717, 1.165) is 18.4 Å². The van der Waals surface area contributed by atoms with Crippen LogP contribution in [0.4, 0.5) is 4.39 Å². The molecule has 162 valence electrons. The molecular formula is C25H25FO5. The molecule has 2 aromatic carbocycles. The van der Waals surface area contributed by atoms with Gasteiger partial charge in [-0.15, -0.1) is 0 Å². The molecule has 0 fully saturated rings. The molecule has 0 saturated heterocycles. The Morgan fingerprint density at radius 2 is 1.71 bits per heavy atom. The lowest BCUT2D eigenvalue weighted by Crippen LogP contribution is -2.26. The van der Waals surface area contributed by atoms with E-state index in [4.69, 9.17) is 9.47 Å². The maximum absolute atomic E-state index is 13.1. The van der Waals surface area contributed by atoms with Gasteiger partial charge in [-0.3, -0.25) is 9.59 Å². The molecule has 6 heteroatoms. The first-order valence-electron chi connectivity index (χ1n) is 10.1. The van der Waals surface area contributed by atoms with Gasteiger partial charge in [0.2, 0.25) is 0 Å². The molecule has 0 aromatic heterocycles. The van der Waals surface area contributed by atoms with Crippen molar-refractivity contribution in [3.05, 3.63) is 71.0 Å². The number of unbranched alkanes of at least 4 members (excludes halogenated alkanes) is 1. The number of ketones is 1. The number of esters is 2. The van der Waals surface area contributed by atoms with E-state index in [9.17, 15) is 18.8 Å². The molecule has 0 aliphatic carbocycles. The van der Waals surface area contributed by atoms with Gasteiger partial charge in [-0.2, -0.15) is 0 Å². The largest absolute Gasteiger partial charge is 0.468 e. The minimum absolute atomic E-state index is 0.238. The number of hydrogen-bond acceptors (Lipinski definition) is 5. The van der Waals surface area contributed by atoms with Crippen LogP contribution >= 0.6 is 0 Å². The summed E-state index contributed by atoms with van der Waals surface area (Å²) in [6.07, 6.45) is 2.37. The summed E-state index contributed by atoms with van der Waals surface area (Å²) < 4.78 is 22.8. The molecule has 31 heavy (non-hydrogen) atoms. The Balaban J connectivity index is 2.04. The van der Waals surface area contributed by atoms with E-state index in [1.807, 2.05) is 6.92 Å². The third-order valence-corrected chi connectivity index (χ3v) is 4.65. The van der Waals surface area contributed by atoms with Gasteiger partial charge in [0.1, 0.15) is 11.7 Å². The van der Waals surface area contributed by atoms with Crippen LogP contribution in [-0.2, 0) is 25.5 Å². The Morgan fingerprint density at radius 1 is 1.03 bits per heavy atom. The highest BCUT2D eigenvalue weighted by molar-refractivity contribution is 6.08. The van der Waals surface area contributed by atoms with E-state index in [0.29, 0.717) is 24.2 Å². The lowest BCUT2D eigenvalue weighted by atomic mass is 9.91. The molecule has 0 aliphatic heterocycles. The minimum Gasteiger partial charge on any atom is -0.468 e. The number of Topliss-reactive ketones (excluding diaryl/α,β-unsaturated/α-hetero) is 1. The van der Waals surface area contributed by atoms with Gasteiger partial charge < -0.3 is 9.47 Å². The number of methoxy groups -OCH3 is 1. The van der Waals surface area contributed by atoms with Crippen molar-refractivity contribution in [2.75, 3.05) is 13.7 Å². The fraction of sp³-hybridized carbons (Fsp3) is 0.320. The third kappa shape index (κ3) is 7.71. The summed E-state index contributed by atoms with van der Waals surface area (Å²) in [5.41, 5.74) is 1.70. The van der Waals surface area contributed by atoms with Gasteiger partial charge in [0.25, 0.3) is 0 Å². The Hall–Kier alpha value is -3.46. The SMILES string of the molecule is CCCCOC(=O)C#Cc1ccc(C(=O)C(CCc2ccc(F)cc2)C(=O)OC)cc1. The van der Waals surface area contributed by atoms with Crippen LogP contribution in [0, 0.1) is 23.6 Å². The topological polar surface area (TPSA) is 69.7 Å². The average molecular weight is 424 g/mol. The summed E-state index contributed by atoms with van der Waals surface area (Å²) in [6.45, 7) is 2.33. The van der Waals surface area contributed by atoms with Gasteiger partial charge in [0.15, 0.2) is 5.78 Å². The fourth-order valence-electron chi connectivity index (χ4n) is 2.85. The highest BCUT2D eigenvalue weighted by atomic mass is 19.1. The van der Waals surface area contributed by atoms with Crippen LogP contribution in [-0.4, -0.2) is 31.4 Å². The molecule has 1 unspecified atom stereocenters. The molecular weight excluding hydrogens is 399 g/mol. The van der Waals surface area contributed by atoms with Gasteiger partial charge >= 0.3 is 11.9 Å². The number of rotatable bonds is 9. The van der Waals surface area contributed by atoms with Crippen molar-refractivity contribution < 1.29 is 28.2 Å². The summed E-state index contributed by atoms with van der Waals surface area (Å²) in [7, 11) is 1.23. The van der Waals surface area contributed by atoms with Gasteiger partial charge in [-0.1, -0.05) is 43.5 Å². The van der Waals surface area contributed by atoms with E-state index >= 15 is 0 Å². The molecule has 2 aromatic rings. The molecule has 0 saturated carbocycles. The average Bonchev–Trinajstić information content (AvgIpc) is 2.79. The van der Waals surface area contributed by atoms with Crippen molar-refractivity contribution in [3.8, 4) is 11.8 Å². The molecule has 0 heterocycles. The van der Waals surface area contributed by atoms with Crippen molar-refractivity contribution in [3.63, 3.8) is 0 Å². The number of benzene rings is 2. The van der Waals surface area contributed by atoms with Gasteiger partial charge in [0, 0.05) is 17.0 Å². The monoisotopic (exact) mass is 424 g/mol. The molecule has 1 atom stereocenters. The quantitative estimate of drug-likeness (QED) is 0.199. The Kier molecular flexibility index (Phi) is 9.44. The van der Waals surface area contributed by atoms with Crippen molar-refractivity contribution in [1.29, 1.82) is 0 Å². The number of hydrogen-bond donors (Lipinski definition) is 0. The summed E-state index contributed by atoms with van der Waals surface area (Å²) in [6, 6.07) is 12.2. The van der Waals surface area contributed by atoms with Crippen LogP contribution in [0.15, 0.2) is 48.5 Å². The van der Waals surface area contributed by atoms with E-state index < -0.39 is 17.9 Å². The first-order valence-corrected chi connectivity index (χ1v) is 10.1. The second-order valence-electron chi connectivity index (χ2n) is 6.92. The second kappa shape index (κ2) is 12.3. The summed E-state index contributed by atoms with van der Waals surface area (Å²) in [5.74, 6) is 2.19. The van der Waals surface area contributed by atoms with Crippen LogP contribution < -0.4 is 0 Å². The molecule has 0 bridgehead atoms. The zero-order chi connectivity index (χ0) is 22.6. The smallest absolute Gasteiger partial charge is 0.384 e. The molecule has 2 rings (SSSR count). The van der Waals surface area contributed by atoms with E-state index in [-0.39, 0.29) is 18.0 Å².